The van der Waals surface area contributed by atoms with Crippen LogP contribution in [0.5, 0.6) is 0 Å². The summed E-state index contributed by atoms with van der Waals surface area (Å²) in [4.78, 5) is 34.5. The molecule has 2 N–H and O–H groups in total. The monoisotopic (exact) mass is 505 g/mol. The second-order valence-corrected chi connectivity index (χ2v) is 9.74. The summed E-state index contributed by atoms with van der Waals surface area (Å²) in [5, 5.41) is 14.7. The Morgan fingerprint density at radius 3 is 2.86 bits per heavy atom. The zero-order valence-corrected chi connectivity index (χ0v) is 20.9. The number of pyridine rings is 1. The van der Waals surface area contributed by atoms with E-state index in [1.807, 2.05) is 26.0 Å². The third-order valence-electron chi connectivity index (χ3n) is 6.56. The first kappa shape index (κ1) is 24.5. The molecule has 4 aromatic rings. The van der Waals surface area contributed by atoms with Crippen molar-refractivity contribution in [2.75, 3.05) is 18.0 Å². The molecule has 4 heterocycles. The number of hydrogen-bond donors (Lipinski definition) is 2. The van der Waals surface area contributed by atoms with Crippen molar-refractivity contribution < 1.29 is 18.5 Å². The van der Waals surface area contributed by atoms with Gasteiger partial charge in [0.15, 0.2) is 17.3 Å². The molecule has 0 bridgehead atoms. The van der Waals surface area contributed by atoms with E-state index in [-0.39, 0.29) is 24.1 Å². The van der Waals surface area contributed by atoms with E-state index in [9.17, 15) is 9.59 Å². The maximum absolute atomic E-state index is 15.1. The lowest BCUT2D eigenvalue weighted by Gasteiger charge is -2.17. The Morgan fingerprint density at radius 1 is 1.30 bits per heavy atom. The molecule has 0 saturated carbocycles. The van der Waals surface area contributed by atoms with Crippen LogP contribution in [0.4, 0.5) is 10.2 Å². The Balaban J connectivity index is 1.35. The Labute approximate surface area is 212 Å². The molecule has 0 aliphatic carbocycles. The number of aromatic amines is 1. The molecule has 192 valence electrons. The van der Waals surface area contributed by atoms with Crippen molar-refractivity contribution in [2.24, 2.45) is 5.92 Å². The number of hydrogen-bond acceptors (Lipinski definition) is 8. The maximum atomic E-state index is 15.1. The lowest BCUT2D eigenvalue weighted by atomic mass is 10.0. The minimum atomic E-state index is -0.560. The van der Waals surface area contributed by atoms with E-state index >= 15 is 4.39 Å². The number of aromatic nitrogens is 5. The summed E-state index contributed by atoms with van der Waals surface area (Å²) in [5.41, 5.74) is 2.40. The van der Waals surface area contributed by atoms with Crippen molar-refractivity contribution in [3.05, 3.63) is 53.6 Å². The molecule has 1 aliphatic heterocycles. The molecule has 1 aromatic carbocycles. The molecule has 10 nitrogen and oxygen atoms in total. The van der Waals surface area contributed by atoms with E-state index < -0.39 is 11.7 Å². The maximum Gasteiger partial charge on any atom is 0.315 e. The van der Waals surface area contributed by atoms with Crippen molar-refractivity contribution >= 4 is 28.5 Å². The minimum Gasteiger partial charge on any atom is -0.354 e. The molecular weight excluding hydrogens is 477 g/mol. The molecular formula is C26H28FN7O3. The first-order valence-corrected chi connectivity index (χ1v) is 12.3. The van der Waals surface area contributed by atoms with Gasteiger partial charge in [0.25, 0.3) is 0 Å². The van der Waals surface area contributed by atoms with Gasteiger partial charge in [-0.15, -0.1) is 0 Å². The first-order valence-electron chi connectivity index (χ1n) is 12.3. The second-order valence-electron chi connectivity index (χ2n) is 9.74. The fourth-order valence-electron chi connectivity index (χ4n) is 4.67. The molecule has 1 amide bonds. The van der Waals surface area contributed by atoms with Crippen molar-refractivity contribution in [3.63, 3.8) is 0 Å². The Hall–Kier alpha value is -4.15. The predicted octanol–water partition coefficient (Wildman–Crippen LogP) is 4.01. The van der Waals surface area contributed by atoms with Crippen molar-refractivity contribution in [2.45, 2.75) is 46.1 Å². The lowest BCUT2D eigenvalue weighted by molar-refractivity contribution is -0.117. The largest absolute Gasteiger partial charge is 0.354 e. The quantitative estimate of drug-likeness (QED) is 0.367. The molecule has 1 fully saturated rings. The number of Topliss-reactive ketones (excluding diaryl/α,β-unsaturated/α-hetero) is 1. The standard InChI is InChI=1S/C26H28FN7O3/c1-14(2)22-30-26(37-33-22)25(36)29-12-18-5-4-17(11-20(18)27)19-6-8-28-23-21(19)24(32-31-23)34-9-7-16(13-34)10-15(3)35/h4-6,8,11,14,16H,7,9-10,12-13H2,1-3H3,(H,29,36)(H,28,31,32)/t16-/m0/s1. The van der Waals surface area contributed by atoms with E-state index in [1.54, 1.807) is 19.2 Å². The normalized spacial score (nSPS) is 15.6. The number of fused-ring (bicyclic) bond motifs is 1. The van der Waals surface area contributed by atoms with Crippen LogP contribution in [0.2, 0.25) is 0 Å². The van der Waals surface area contributed by atoms with Crippen molar-refractivity contribution in [3.8, 4) is 11.1 Å². The van der Waals surface area contributed by atoms with Gasteiger partial charge in [-0.1, -0.05) is 31.1 Å². The molecule has 1 aliphatic rings. The number of amides is 1. The number of carbonyl (C=O) groups is 2. The highest BCUT2D eigenvalue weighted by molar-refractivity contribution is 6.00. The van der Waals surface area contributed by atoms with Crippen molar-refractivity contribution in [1.82, 2.24) is 30.6 Å². The number of nitrogens with one attached hydrogen (secondary N) is 2. The highest BCUT2D eigenvalue weighted by Gasteiger charge is 2.27. The average Bonchev–Trinajstić information content (AvgIpc) is 3.62. The second kappa shape index (κ2) is 10.1. The summed E-state index contributed by atoms with van der Waals surface area (Å²) >= 11 is 0. The van der Waals surface area contributed by atoms with Gasteiger partial charge in [0.1, 0.15) is 11.6 Å². The summed E-state index contributed by atoms with van der Waals surface area (Å²) in [5.74, 6) is 0.524. The number of H-pyrrole nitrogens is 1. The third-order valence-corrected chi connectivity index (χ3v) is 6.56. The zero-order valence-electron chi connectivity index (χ0n) is 20.9. The highest BCUT2D eigenvalue weighted by Crippen LogP contribution is 2.36. The summed E-state index contributed by atoms with van der Waals surface area (Å²) in [6.45, 7) is 6.90. The SMILES string of the molecule is CC(=O)C[C@@H]1CCN(c2n[nH]c3nccc(-c4ccc(CNC(=O)c5nc(C(C)C)no5)c(F)c4)c23)C1. The molecule has 5 rings (SSSR count). The molecule has 11 heteroatoms. The Bertz CT molecular complexity index is 1460. The summed E-state index contributed by atoms with van der Waals surface area (Å²) < 4.78 is 20.1. The Kier molecular flexibility index (Phi) is 6.68. The van der Waals surface area contributed by atoms with E-state index in [0.29, 0.717) is 34.9 Å². The van der Waals surface area contributed by atoms with Crippen LogP contribution in [0.15, 0.2) is 35.0 Å². The number of rotatable bonds is 8. The number of halogens is 1. The first-order chi connectivity index (χ1) is 17.8. The number of benzene rings is 1. The van der Waals surface area contributed by atoms with E-state index in [1.165, 1.54) is 6.07 Å². The van der Waals surface area contributed by atoms with Crippen LogP contribution in [-0.4, -0.2) is 50.1 Å². The number of ketones is 1. The van der Waals surface area contributed by atoms with E-state index in [2.05, 4.69) is 35.5 Å². The van der Waals surface area contributed by atoms with Gasteiger partial charge in [-0.25, -0.2) is 9.37 Å². The smallest absolute Gasteiger partial charge is 0.315 e. The van der Waals surface area contributed by atoms with Gasteiger partial charge in [0.2, 0.25) is 0 Å². The average molecular weight is 506 g/mol. The van der Waals surface area contributed by atoms with E-state index in [0.717, 1.165) is 36.3 Å². The van der Waals surface area contributed by atoms with Crippen molar-refractivity contribution in [1.29, 1.82) is 0 Å². The van der Waals surface area contributed by atoms with E-state index in [4.69, 9.17) is 4.52 Å². The van der Waals surface area contributed by atoms with Gasteiger partial charge in [-0.3, -0.25) is 9.89 Å². The molecule has 0 spiro atoms. The molecule has 1 saturated heterocycles. The number of anilines is 1. The molecule has 37 heavy (non-hydrogen) atoms. The van der Waals surface area contributed by atoms with Gasteiger partial charge in [-0.2, -0.15) is 10.1 Å². The van der Waals surface area contributed by atoms with Crippen LogP contribution in [0.1, 0.15) is 61.6 Å². The van der Waals surface area contributed by atoms with Crippen LogP contribution in [-0.2, 0) is 11.3 Å². The van der Waals surface area contributed by atoms with Crippen LogP contribution in [0.3, 0.4) is 0 Å². The van der Waals surface area contributed by atoms with Crippen LogP contribution in [0.25, 0.3) is 22.2 Å². The number of carbonyl (C=O) groups excluding carboxylic acids is 2. The van der Waals surface area contributed by atoms with Gasteiger partial charge in [0, 0.05) is 43.7 Å². The van der Waals surface area contributed by atoms with Crippen LogP contribution >= 0.6 is 0 Å². The van der Waals surface area contributed by atoms with Crippen LogP contribution in [0, 0.1) is 11.7 Å². The Morgan fingerprint density at radius 2 is 2.14 bits per heavy atom. The minimum absolute atomic E-state index is 0.0260. The van der Waals surface area contributed by atoms with Gasteiger partial charge >= 0.3 is 11.8 Å². The summed E-state index contributed by atoms with van der Waals surface area (Å²) in [6.07, 6.45) is 3.13. The molecule has 0 radical (unpaired) electrons. The zero-order chi connectivity index (χ0) is 26.1. The van der Waals surface area contributed by atoms with Gasteiger partial charge in [-0.05, 0) is 42.5 Å². The molecule has 0 unspecified atom stereocenters. The topological polar surface area (TPSA) is 130 Å². The predicted molar refractivity (Wildman–Crippen MR) is 134 cm³/mol. The molecule has 3 aromatic heterocycles. The molecule has 1 atom stereocenters. The fourth-order valence-corrected chi connectivity index (χ4v) is 4.67. The summed E-state index contributed by atoms with van der Waals surface area (Å²) in [7, 11) is 0. The third kappa shape index (κ3) is 5.07. The van der Waals surface area contributed by atoms with Gasteiger partial charge in [0.05, 0.1) is 5.39 Å². The van der Waals surface area contributed by atoms with Crippen LogP contribution < -0.4 is 10.2 Å². The fraction of sp³-hybridized carbons (Fsp3) is 0.385. The highest BCUT2D eigenvalue weighted by atomic mass is 19.1. The lowest BCUT2D eigenvalue weighted by Crippen LogP contribution is -2.23. The summed E-state index contributed by atoms with van der Waals surface area (Å²) in [6, 6.07) is 6.73. The van der Waals surface area contributed by atoms with Gasteiger partial charge < -0.3 is 19.5 Å². The number of nitrogens with zero attached hydrogens (tertiary/aromatic N) is 5.